The van der Waals surface area contributed by atoms with E-state index >= 15 is 0 Å². The lowest BCUT2D eigenvalue weighted by Gasteiger charge is -2.13. The number of rotatable bonds is 7. The lowest BCUT2D eigenvalue weighted by Crippen LogP contribution is -2.26. The summed E-state index contributed by atoms with van der Waals surface area (Å²) in [6.07, 6.45) is 3.49. The van der Waals surface area contributed by atoms with Crippen LogP contribution in [0, 0.1) is 17.8 Å². The van der Waals surface area contributed by atoms with E-state index in [4.69, 9.17) is 4.74 Å². The summed E-state index contributed by atoms with van der Waals surface area (Å²) in [6, 6.07) is 0. The molecule has 0 unspecified atom stereocenters. The van der Waals surface area contributed by atoms with Crippen LogP contribution in [-0.2, 0) is 14.3 Å². The van der Waals surface area contributed by atoms with Crippen LogP contribution in [0.4, 0.5) is 4.39 Å². The fourth-order valence-electron chi connectivity index (χ4n) is 3.56. The van der Waals surface area contributed by atoms with Gasteiger partial charge in [-0.1, -0.05) is 26.7 Å². The number of hydrogen-bond donors (Lipinski definition) is 0. The summed E-state index contributed by atoms with van der Waals surface area (Å²) < 4.78 is 18.9. The van der Waals surface area contributed by atoms with Crippen molar-refractivity contribution in [3.05, 3.63) is 0 Å². The van der Waals surface area contributed by atoms with Gasteiger partial charge in [-0.05, 0) is 31.6 Å². The molecule has 0 N–H and O–H groups in total. The average molecular weight is 284 g/mol. The third-order valence-electron chi connectivity index (χ3n) is 4.66. The Morgan fingerprint density at radius 3 is 2.85 bits per heavy atom. The van der Waals surface area contributed by atoms with E-state index in [1.54, 1.807) is 0 Å². The standard InChI is InChI=1S/C16H25FO3/c1-3-4-5-11(17)6-7-13(18)15-12-8-10(2)9-14(12)20-16(15)19/h10-12,14-15H,3-9H2,1-2H3/t10-,11+,12+,14+,15-/m1/s1. The van der Waals surface area contributed by atoms with Gasteiger partial charge in [-0.3, -0.25) is 9.59 Å². The maximum absolute atomic E-state index is 13.6. The molecule has 1 heterocycles. The van der Waals surface area contributed by atoms with Crippen LogP contribution in [0.25, 0.3) is 0 Å². The summed E-state index contributed by atoms with van der Waals surface area (Å²) in [5.41, 5.74) is 0. The number of esters is 1. The smallest absolute Gasteiger partial charge is 0.317 e. The average Bonchev–Trinajstić information content (AvgIpc) is 2.87. The number of halogens is 1. The van der Waals surface area contributed by atoms with Crippen molar-refractivity contribution in [2.75, 3.05) is 0 Å². The SMILES string of the molecule is CCCC[C@H](F)CCC(=O)[C@@H]1C(=O)O[C@H]2C[C@H](C)C[C@H]12. The van der Waals surface area contributed by atoms with Crippen LogP contribution in [0.1, 0.15) is 58.8 Å². The molecule has 0 aromatic carbocycles. The highest BCUT2D eigenvalue weighted by molar-refractivity contribution is 6.00. The molecule has 2 aliphatic rings. The lowest BCUT2D eigenvalue weighted by atomic mass is 9.86. The number of fused-ring (bicyclic) bond motifs is 1. The Balaban J connectivity index is 1.84. The number of carbonyl (C=O) groups is 2. The Hall–Kier alpha value is -0.930. The topological polar surface area (TPSA) is 43.4 Å². The van der Waals surface area contributed by atoms with Crippen molar-refractivity contribution in [3.8, 4) is 0 Å². The Morgan fingerprint density at radius 2 is 2.15 bits per heavy atom. The minimum atomic E-state index is -0.922. The van der Waals surface area contributed by atoms with Crippen molar-refractivity contribution in [2.45, 2.75) is 71.1 Å². The molecule has 1 aliphatic heterocycles. The summed E-state index contributed by atoms with van der Waals surface area (Å²) in [5, 5.41) is 0. The van der Waals surface area contributed by atoms with Crippen LogP contribution < -0.4 is 0 Å². The third kappa shape index (κ3) is 3.39. The Kier molecular flexibility index (Phi) is 5.17. The molecule has 114 valence electrons. The molecule has 0 radical (unpaired) electrons. The summed E-state index contributed by atoms with van der Waals surface area (Å²) in [5.74, 6) is -0.564. The Labute approximate surface area is 120 Å². The highest BCUT2D eigenvalue weighted by Crippen LogP contribution is 2.44. The molecule has 0 amide bonds. The van der Waals surface area contributed by atoms with Gasteiger partial charge >= 0.3 is 5.97 Å². The largest absolute Gasteiger partial charge is 0.461 e. The molecule has 0 bridgehead atoms. The number of alkyl halides is 1. The second kappa shape index (κ2) is 6.68. The molecule has 1 aliphatic carbocycles. The van der Waals surface area contributed by atoms with Gasteiger partial charge in [0, 0.05) is 12.3 Å². The van der Waals surface area contributed by atoms with Gasteiger partial charge in [0.05, 0.1) is 0 Å². The highest BCUT2D eigenvalue weighted by Gasteiger charge is 2.51. The van der Waals surface area contributed by atoms with Gasteiger partial charge in [-0.25, -0.2) is 4.39 Å². The number of unbranched alkanes of at least 4 members (excludes halogenated alkanes) is 1. The number of carbonyl (C=O) groups excluding carboxylic acids is 2. The van der Waals surface area contributed by atoms with Crippen molar-refractivity contribution < 1.29 is 18.7 Å². The molecule has 0 spiro atoms. The molecule has 4 heteroatoms. The fourth-order valence-corrected chi connectivity index (χ4v) is 3.56. The summed E-state index contributed by atoms with van der Waals surface area (Å²) >= 11 is 0. The molecular formula is C16H25FO3. The van der Waals surface area contributed by atoms with E-state index in [1.165, 1.54) is 0 Å². The third-order valence-corrected chi connectivity index (χ3v) is 4.66. The van der Waals surface area contributed by atoms with E-state index in [1.807, 2.05) is 6.92 Å². The number of ether oxygens (including phenoxy) is 1. The maximum Gasteiger partial charge on any atom is 0.317 e. The quantitative estimate of drug-likeness (QED) is 0.531. The van der Waals surface area contributed by atoms with E-state index < -0.39 is 12.1 Å². The van der Waals surface area contributed by atoms with E-state index in [9.17, 15) is 14.0 Å². The molecule has 1 saturated heterocycles. The number of Topliss-reactive ketones (excluding diaryl/α,β-unsaturated/α-hetero) is 1. The molecule has 5 atom stereocenters. The zero-order valence-electron chi connectivity index (χ0n) is 12.4. The van der Waals surface area contributed by atoms with Gasteiger partial charge in [0.15, 0.2) is 0 Å². The first-order valence-electron chi connectivity index (χ1n) is 7.90. The van der Waals surface area contributed by atoms with Crippen LogP contribution >= 0.6 is 0 Å². The molecule has 3 nitrogen and oxygen atoms in total. The summed E-state index contributed by atoms with van der Waals surface area (Å²) in [7, 11) is 0. The predicted octanol–water partition coefficient (Wildman–Crippen LogP) is 3.45. The second-order valence-electron chi connectivity index (χ2n) is 6.44. The molecular weight excluding hydrogens is 259 g/mol. The van der Waals surface area contributed by atoms with Crippen molar-refractivity contribution in [2.24, 2.45) is 17.8 Å². The molecule has 1 saturated carbocycles. The monoisotopic (exact) mass is 284 g/mol. The van der Waals surface area contributed by atoms with Gasteiger partial charge in [0.2, 0.25) is 0 Å². The Bertz CT molecular complexity index is 369. The van der Waals surface area contributed by atoms with E-state index in [0.29, 0.717) is 12.3 Å². The van der Waals surface area contributed by atoms with Crippen molar-refractivity contribution in [1.29, 1.82) is 0 Å². The number of hydrogen-bond acceptors (Lipinski definition) is 3. The predicted molar refractivity (Wildman–Crippen MR) is 73.9 cm³/mol. The molecule has 2 fully saturated rings. The summed E-state index contributed by atoms with van der Waals surface area (Å²) in [6.45, 7) is 4.14. The number of ketones is 1. The molecule has 2 rings (SSSR count). The van der Waals surface area contributed by atoms with Crippen LogP contribution in [0.5, 0.6) is 0 Å². The molecule has 0 aromatic rings. The van der Waals surface area contributed by atoms with Crippen molar-refractivity contribution in [1.82, 2.24) is 0 Å². The normalized spacial score (nSPS) is 33.9. The minimum absolute atomic E-state index is 0.0405. The van der Waals surface area contributed by atoms with Crippen molar-refractivity contribution >= 4 is 11.8 Å². The minimum Gasteiger partial charge on any atom is -0.461 e. The fraction of sp³-hybridized carbons (Fsp3) is 0.875. The zero-order valence-corrected chi connectivity index (χ0v) is 12.4. The lowest BCUT2D eigenvalue weighted by molar-refractivity contribution is -0.147. The summed E-state index contributed by atoms with van der Waals surface area (Å²) in [4.78, 5) is 24.0. The van der Waals surface area contributed by atoms with Crippen LogP contribution in [0.3, 0.4) is 0 Å². The molecule has 20 heavy (non-hydrogen) atoms. The van der Waals surface area contributed by atoms with Gasteiger partial charge in [-0.2, -0.15) is 0 Å². The van der Waals surface area contributed by atoms with E-state index in [-0.39, 0.29) is 36.6 Å². The highest BCUT2D eigenvalue weighted by atomic mass is 19.1. The van der Waals surface area contributed by atoms with Gasteiger partial charge < -0.3 is 4.74 Å². The first-order chi connectivity index (χ1) is 9.52. The molecule has 0 aromatic heterocycles. The Morgan fingerprint density at radius 1 is 1.40 bits per heavy atom. The van der Waals surface area contributed by atoms with Crippen molar-refractivity contribution in [3.63, 3.8) is 0 Å². The van der Waals surface area contributed by atoms with Gasteiger partial charge in [0.25, 0.3) is 0 Å². The first kappa shape index (κ1) is 15.5. The van der Waals surface area contributed by atoms with Gasteiger partial charge in [0.1, 0.15) is 24.0 Å². The van der Waals surface area contributed by atoms with Crippen LogP contribution in [0.15, 0.2) is 0 Å². The zero-order chi connectivity index (χ0) is 14.7. The first-order valence-corrected chi connectivity index (χ1v) is 7.90. The second-order valence-corrected chi connectivity index (χ2v) is 6.44. The van der Waals surface area contributed by atoms with E-state index in [0.717, 1.165) is 25.7 Å². The van der Waals surface area contributed by atoms with Crippen LogP contribution in [-0.4, -0.2) is 24.0 Å². The van der Waals surface area contributed by atoms with Gasteiger partial charge in [-0.15, -0.1) is 0 Å². The van der Waals surface area contributed by atoms with E-state index in [2.05, 4.69) is 6.92 Å². The maximum atomic E-state index is 13.6. The van der Waals surface area contributed by atoms with Crippen LogP contribution in [0.2, 0.25) is 0 Å².